The zero-order valence-electron chi connectivity index (χ0n) is 7.24. The molecule has 2 atom stereocenters. The van der Waals surface area contributed by atoms with Crippen molar-refractivity contribution in [3.63, 3.8) is 0 Å². The summed E-state index contributed by atoms with van der Waals surface area (Å²) in [7, 11) is 0. The van der Waals surface area contributed by atoms with Gasteiger partial charge in [-0.05, 0) is 42.6 Å². The summed E-state index contributed by atoms with van der Waals surface area (Å²) in [5.41, 5.74) is 1.57. The number of hydrogen-bond donors (Lipinski definition) is 0. The van der Waals surface area contributed by atoms with Gasteiger partial charge in [-0.15, -0.1) is 0 Å². The van der Waals surface area contributed by atoms with E-state index in [1.807, 2.05) is 0 Å². The Morgan fingerprint density at radius 2 is 1.50 bits per heavy atom. The summed E-state index contributed by atoms with van der Waals surface area (Å²) in [5.74, 6) is 3.11. The lowest BCUT2D eigenvalue weighted by Gasteiger charge is -2.10. The molecular weight excluding hydrogens is 144 g/mol. The van der Waals surface area contributed by atoms with Gasteiger partial charge < -0.3 is 0 Å². The standard InChI is InChI=1S/C12H14/c1-2-4-9(5-3-1)10-6-11-8-12(11)7-10/h1-5,10-12H,6-8H2. The molecule has 2 aliphatic rings. The van der Waals surface area contributed by atoms with Crippen molar-refractivity contribution in [2.75, 3.05) is 0 Å². The largest absolute Gasteiger partial charge is 0.0622 e. The smallest absolute Gasteiger partial charge is 0.0156 e. The second kappa shape index (κ2) is 2.35. The van der Waals surface area contributed by atoms with E-state index in [-0.39, 0.29) is 0 Å². The van der Waals surface area contributed by atoms with Crippen molar-refractivity contribution in [1.29, 1.82) is 0 Å². The quantitative estimate of drug-likeness (QED) is 0.588. The van der Waals surface area contributed by atoms with Crippen LogP contribution in [0.4, 0.5) is 0 Å². The fourth-order valence-electron chi connectivity index (χ4n) is 2.71. The Morgan fingerprint density at radius 1 is 0.833 bits per heavy atom. The molecule has 0 spiro atoms. The van der Waals surface area contributed by atoms with Gasteiger partial charge in [0, 0.05) is 0 Å². The highest BCUT2D eigenvalue weighted by Crippen LogP contribution is 2.57. The van der Waals surface area contributed by atoms with Crippen LogP contribution in [0, 0.1) is 11.8 Å². The van der Waals surface area contributed by atoms with E-state index in [4.69, 9.17) is 0 Å². The fourth-order valence-corrected chi connectivity index (χ4v) is 2.71. The van der Waals surface area contributed by atoms with Gasteiger partial charge in [0.25, 0.3) is 0 Å². The van der Waals surface area contributed by atoms with Crippen LogP contribution in [0.3, 0.4) is 0 Å². The molecule has 3 rings (SSSR count). The van der Waals surface area contributed by atoms with E-state index >= 15 is 0 Å². The molecule has 0 aliphatic heterocycles. The Balaban J connectivity index is 1.82. The van der Waals surface area contributed by atoms with Crippen molar-refractivity contribution in [2.45, 2.75) is 25.2 Å². The Labute approximate surface area is 73.6 Å². The lowest BCUT2D eigenvalue weighted by molar-refractivity contribution is 0.624. The first kappa shape index (κ1) is 6.71. The van der Waals surface area contributed by atoms with Gasteiger partial charge in [-0.25, -0.2) is 0 Å². The molecule has 2 fully saturated rings. The SMILES string of the molecule is c1ccc(C2CC3CC3C2)cc1. The summed E-state index contributed by atoms with van der Waals surface area (Å²) < 4.78 is 0. The second-order valence-corrected chi connectivity index (χ2v) is 4.33. The first-order valence-electron chi connectivity index (χ1n) is 4.98. The van der Waals surface area contributed by atoms with Gasteiger partial charge in [0.1, 0.15) is 0 Å². The fraction of sp³-hybridized carbons (Fsp3) is 0.500. The number of fused-ring (bicyclic) bond motifs is 1. The number of rotatable bonds is 1. The van der Waals surface area contributed by atoms with Crippen molar-refractivity contribution in [2.24, 2.45) is 11.8 Å². The molecule has 62 valence electrons. The molecule has 1 aromatic carbocycles. The van der Waals surface area contributed by atoms with E-state index in [1.165, 1.54) is 19.3 Å². The lowest BCUT2D eigenvalue weighted by atomic mass is 9.94. The van der Waals surface area contributed by atoms with Gasteiger partial charge in [-0.2, -0.15) is 0 Å². The maximum absolute atomic E-state index is 2.29. The molecule has 0 N–H and O–H groups in total. The highest BCUT2D eigenvalue weighted by Gasteiger charge is 2.45. The van der Waals surface area contributed by atoms with E-state index in [9.17, 15) is 0 Å². The molecule has 1 aromatic rings. The maximum atomic E-state index is 2.29. The number of benzene rings is 1. The predicted molar refractivity (Wildman–Crippen MR) is 50.0 cm³/mol. The molecule has 12 heavy (non-hydrogen) atoms. The van der Waals surface area contributed by atoms with Crippen LogP contribution in [0.2, 0.25) is 0 Å². The van der Waals surface area contributed by atoms with E-state index in [2.05, 4.69) is 30.3 Å². The van der Waals surface area contributed by atoms with E-state index in [0.29, 0.717) is 0 Å². The van der Waals surface area contributed by atoms with Gasteiger partial charge in [0.15, 0.2) is 0 Å². The van der Waals surface area contributed by atoms with E-state index < -0.39 is 0 Å². The summed E-state index contributed by atoms with van der Waals surface area (Å²) in [6, 6.07) is 11.0. The van der Waals surface area contributed by atoms with Crippen LogP contribution in [-0.2, 0) is 0 Å². The molecule has 0 nitrogen and oxygen atoms in total. The Morgan fingerprint density at radius 3 is 2.17 bits per heavy atom. The number of hydrogen-bond acceptors (Lipinski definition) is 0. The molecule has 0 heterocycles. The molecule has 2 saturated carbocycles. The first-order chi connectivity index (χ1) is 5.93. The molecule has 0 saturated heterocycles. The van der Waals surface area contributed by atoms with Gasteiger partial charge in [0.05, 0.1) is 0 Å². The molecule has 0 amide bonds. The highest BCUT2D eigenvalue weighted by atomic mass is 14.5. The van der Waals surface area contributed by atoms with Crippen LogP contribution < -0.4 is 0 Å². The molecular formula is C12H14. The minimum Gasteiger partial charge on any atom is -0.0622 e. The zero-order chi connectivity index (χ0) is 7.97. The maximum Gasteiger partial charge on any atom is -0.0156 e. The van der Waals surface area contributed by atoms with Gasteiger partial charge >= 0.3 is 0 Å². The Kier molecular flexibility index (Phi) is 1.31. The average molecular weight is 158 g/mol. The first-order valence-corrected chi connectivity index (χ1v) is 4.98. The highest BCUT2D eigenvalue weighted by molar-refractivity contribution is 5.22. The minimum atomic E-state index is 0.898. The van der Waals surface area contributed by atoms with Crippen LogP contribution in [-0.4, -0.2) is 0 Å². The van der Waals surface area contributed by atoms with E-state index in [0.717, 1.165) is 17.8 Å². The van der Waals surface area contributed by atoms with Gasteiger partial charge in [-0.1, -0.05) is 30.3 Å². The van der Waals surface area contributed by atoms with Crippen LogP contribution in [0.25, 0.3) is 0 Å². The predicted octanol–water partition coefficient (Wildman–Crippen LogP) is 3.20. The summed E-state index contributed by atoms with van der Waals surface area (Å²) in [6.07, 6.45) is 4.46. The minimum absolute atomic E-state index is 0.898. The molecule has 0 radical (unpaired) electrons. The monoisotopic (exact) mass is 158 g/mol. The summed E-state index contributed by atoms with van der Waals surface area (Å²) in [4.78, 5) is 0. The van der Waals surface area contributed by atoms with Crippen molar-refractivity contribution < 1.29 is 0 Å². The molecule has 0 heteroatoms. The summed E-state index contributed by atoms with van der Waals surface area (Å²) in [6.45, 7) is 0. The summed E-state index contributed by atoms with van der Waals surface area (Å²) in [5, 5.41) is 0. The lowest BCUT2D eigenvalue weighted by Crippen LogP contribution is -1.94. The molecule has 2 aliphatic carbocycles. The van der Waals surface area contributed by atoms with Crippen molar-refractivity contribution >= 4 is 0 Å². The Hall–Kier alpha value is -0.780. The van der Waals surface area contributed by atoms with E-state index in [1.54, 1.807) is 5.56 Å². The molecule has 2 unspecified atom stereocenters. The van der Waals surface area contributed by atoms with Gasteiger partial charge in [-0.3, -0.25) is 0 Å². The van der Waals surface area contributed by atoms with Crippen LogP contribution in [0.1, 0.15) is 30.7 Å². The second-order valence-electron chi connectivity index (χ2n) is 4.33. The molecule has 0 bridgehead atoms. The third kappa shape index (κ3) is 0.979. The van der Waals surface area contributed by atoms with Crippen LogP contribution in [0.15, 0.2) is 30.3 Å². The van der Waals surface area contributed by atoms with Crippen molar-refractivity contribution in [3.8, 4) is 0 Å². The Bertz CT molecular complexity index is 265. The van der Waals surface area contributed by atoms with Gasteiger partial charge in [0.2, 0.25) is 0 Å². The third-order valence-electron chi connectivity index (χ3n) is 3.51. The topological polar surface area (TPSA) is 0 Å². The van der Waals surface area contributed by atoms with Crippen LogP contribution in [0.5, 0.6) is 0 Å². The average Bonchev–Trinajstić information content (AvgIpc) is 2.75. The third-order valence-corrected chi connectivity index (χ3v) is 3.51. The van der Waals surface area contributed by atoms with Crippen LogP contribution >= 0.6 is 0 Å². The summed E-state index contributed by atoms with van der Waals surface area (Å²) >= 11 is 0. The molecule has 0 aromatic heterocycles. The zero-order valence-corrected chi connectivity index (χ0v) is 7.24. The van der Waals surface area contributed by atoms with Crippen molar-refractivity contribution in [3.05, 3.63) is 35.9 Å². The normalized spacial score (nSPS) is 37.8. The van der Waals surface area contributed by atoms with Crippen molar-refractivity contribution in [1.82, 2.24) is 0 Å².